The van der Waals surface area contributed by atoms with E-state index in [1.165, 1.54) is 11.8 Å². The largest absolute Gasteiger partial charge is 0.494 e. The Hall–Kier alpha value is -2.59. The Morgan fingerprint density at radius 3 is 2.44 bits per heavy atom. The van der Waals surface area contributed by atoms with Gasteiger partial charge in [-0.3, -0.25) is 9.69 Å². The van der Waals surface area contributed by atoms with Crippen LogP contribution in [-0.2, 0) is 4.79 Å². The highest BCUT2D eigenvalue weighted by Gasteiger charge is 2.32. The van der Waals surface area contributed by atoms with Gasteiger partial charge >= 0.3 is 0 Å². The van der Waals surface area contributed by atoms with Crippen LogP contribution in [0.4, 0.5) is 5.69 Å². The number of hydrogen-bond acceptors (Lipinski definition) is 5. The molecule has 0 bridgehead atoms. The number of carbonyl (C=O) groups excluding carboxylic acids is 1. The Balaban J connectivity index is 1.89. The minimum absolute atomic E-state index is 0.0611. The zero-order valence-corrected chi connectivity index (χ0v) is 20.1. The molecule has 8 heteroatoms. The van der Waals surface area contributed by atoms with E-state index in [-0.39, 0.29) is 12.5 Å². The molecule has 166 valence electrons. The summed E-state index contributed by atoms with van der Waals surface area (Å²) in [4.78, 5) is 19.9. The Kier molecular flexibility index (Phi) is 8.52. The van der Waals surface area contributed by atoms with Crippen molar-refractivity contribution in [3.8, 4) is 23.8 Å². The van der Waals surface area contributed by atoms with Gasteiger partial charge in [0.25, 0.3) is 5.91 Å². The van der Waals surface area contributed by atoms with Crippen molar-refractivity contribution in [2.45, 2.75) is 20.3 Å². The third kappa shape index (κ3) is 5.80. The van der Waals surface area contributed by atoms with Gasteiger partial charge in [-0.1, -0.05) is 36.0 Å². The number of carbonyl (C=O) groups is 1. The van der Waals surface area contributed by atoms with E-state index in [1.807, 2.05) is 38.1 Å². The van der Waals surface area contributed by atoms with Gasteiger partial charge in [-0.2, -0.15) is 0 Å². The fourth-order valence-electron chi connectivity index (χ4n) is 2.97. The van der Waals surface area contributed by atoms with Gasteiger partial charge in [-0.15, -0.1) is 6.42 Å². The summed E-state index contributed by atoms with van der Waals surface area (Å²) < 4.78 is 10.9. The molecule has 3 rings (SSSR count). The number of halogens is 2. The zero-order valence-electron chi connectivity index (χ0n) is 17.7. The molecule has 0 aliphatic carbocycles. The molecule has 1 heterocycles. The first kappa shape index (κ1) is 24.1. The first-order valence-corrected chi connectivity index (χ1v) is 11.6. The molecule has 1 aliphatic heterocycles. The minimum Gasteiger partial charge on any atom is -0.494 e. The second kappa shape index (κ2) is 11.3. The van der Waals surface area contributed by atoms with E-state index in [1.54, 1.807) is 23.1 Å². The topological polar surface area (TPSA) is 51.1 Å². The summed E-state index contributed by atoms with van der Waals surface area (Å²) in [6.45, 7) is 5.18. The fourth-order valence-corrected chi connectivity index (χ4v) is 4.61. The molecule has 0 N–H and O–H groups in total. The standard InChI is InChI=1S/C24H22Cl2N2O3S/c1-4-11-28-23(29)21(15-16-13-19(25)22(20(26)14-16)31-12-5-2)32-24(28)27-17-7-9-18(10-8-17)30-6-3/h2,7-10,13-15H,4,6,11-12H2,1,3H3/b21-15-,27-24?. The molecule has 1 aliphatic rings. The summed E-state index contributed by atoms with van der Waals surface area (Å²) in [5.41, 5.74) is 1.43. The van der Waals surface area contributed by atoms with Gasteiger partial charge in [0, 0.05) is 6.54 Å². The molecule has 32 heavy (non-hydrogen) atoms. The van der Waals surface area contributed by atoms with E-state index in [0.29, 0.717) is 44.6 Å². The summed E-state index contributed by atoms with van der Waals surface area (Å²) in [5, 5.41) is 1.27. The maximum absolute atomic E-state index is 13.0. The maximum Gasteiger partial charge on any atom is 0.266 e. The van der Waals surface area contributed by atoms with Crippen LogP contribution in [0.15, 0.2) is 46.3 Å². The molecule has 2 aromatic rings. The quantitative estimate of drug-likeness (QED) is 0.317. The monoisotopic (exact) mass is 488 g/mol. The van der Waals surface area contributed by atoms with Gasteiger partial charge in [0.1, 0.15) is 12.4 Å². The van der Waals surface area contributed by atoms with Gasteiger partial charge < -0.3 is 9.47 Å². The van der Waals surface area contributed by atoms with Crippen molar-refractivity contribution in [1.82, 2.24) is 4.90 Å². The second-order valence-electron chi connectivity index (χ2n) is 6.70. The van der Waals surface area contributed by atoms with Crippen molar-refractivity contribution in [1.29, 1.82) is 0 Å². The molecule has 5 nitrogen and oxygen atoms in total. The lowest BCUT2D eigenvalue weighted by Crippen LogP contribution is -2.29. The van der Waals surface area contributed by atoms with E-state index in [9.17, 15) is 4.79 Å². The fraction of sp³-hybridized carbons (Fsp3) is 0.250. The number of terminal acetylenes is 1. The van der Waals surface area contributed by atoms with Crippen molar-refractivity contribution in [3.63, 3.8) is 0 Å². The van der Waals surface area contributed by atoms with Gasteiger partial charge in [-0.05, 0) is 73.1 Å². The van der Waals surface area contributed by atoms with Crippen LogP contribution >= 0.6 is 35.0 Å². The van der Waals surface area contributed by atoms with Crippen LogP contribution in [0.25, 0.3) is 6.08 Å². The summed E-state index contributed by atoms with van der Waals surface area (Å²) in [6, 6.07) is 10.8. The van der Waals surface area contributed by atoms with Gasteiger partial charge in [0.15, 0.2) is 10.9 Å². The SMILES string of the molecule is C#CCOc1c(Cl)cc(/C=C2\SC(=Nc3ccc(OCC)cc3)N(CCC)C2=O)cc1Cl. The number of amidine groups is 1. The maximum atomic E-state index is 13.0. The normalized spacial score (nSPS) is 16.0. The van der Waals surface area contributed by atoms with E-state index >= 15 is 0 Å². The van der Waals surface area contributed by atoms with Crippen LogP contribution in [0.2, 0.25) is 10.0 Å². The number of aliphatic imine (C=N–C) groups is 1. The highest BCUT2D eigenvalue weighted by atomic mass is 35.5. The highest BCUT2D eigenvalue weighted by Crippen LogP contribution is 2.38. The van der Waals surface area contributed by atoms with Crippen molar-refractivity contribution in [2.24, 2.45) is 4.99 Å². The Morgan fingerprint density at radius 2 is 1.84 bits per heavy atom. The van der Waals surface area contributed by atoms with Crippen LogP contribution in [0.5, 0.6) is 11.5 Å². The Labute approximate surface area is 202 Å². The minimum atomic E-state index is -0.110. The van der Waals surface area contributed by atoms with E-state index in [0.717, 1.165) is 17.9 Å². The average Bonchev–Trinajstić information content (AvgIpc) is 3.04. The summed E-state index contributed by atoms with van der Waals surface area (Å²) in [6.07, 6.45) is 7.78. The summed E-state index contributed by atoms with van der Waals surface area (Å²) >= 11 is 13.9. The predicted molar refractivity (Wildman–Crippen MR) is 133 cm³/mol. The average molecular weight is 489 g/mol. The van der Waals surface area contributed by atoms with Crippen molar-refractivity contribution >= 4 is 57.8 Å². The number of hydrogen-bond donors (Lipinski definition) is 0. The zero-order chi connectivity index (χ0) is 23.1. The van der Waals surface area contributed by atoms with Crippen molar-refractivity contribution < 1.29 is 14.3 Å². The molecule has 0 aromatic heterocycles. The number of benzene rings is 2. The second-order valence-corrected chi connectivity index (χ2v) is 8.52. The number of nitrogens with zero attached hydrogens (tertiary/aromatic N) is 2. The highest BCUT2D eigenvalue weighted by molar-refractivity contribution is 8.18. The third-order valence-electron chi connectivity index (χ3n) is 4.33. The molecule has 0 saturated carbocycles. The smallest absolute Gasteiger partial charge is 0.266 e. The molecule has 0 unspecified atom stereocenters. The Morgan fingerprint density at radius 1 is 1.16 bits per heavy atom. The lowest BCUT2D eigenvalue weighted by atomic mass is 10.2. The Bertz CT molecular complexity index is 1070. The van der Waals surface area contributed by atoms with E-state index < -0.39 is 0 Å². The number of rotatable bonds is 8. The van der Waals surface area contributed by atoms with Crippen LogP contribution < -0.4 is 9.47 Å². The van der Waals surface area contributed by atoms with E-state index in [2.05, 4.69) is 10.9 Å². The number of thioether (sulfide) groups is 1. The lowest BCUT2D eigenvalue weighted by molar-refractivity contribution is -0.122. The van der Waals surface area contributed by atoms with Crippen molar-refractivity contribution in [3.05, 3.63) is 56.9 Å². The number of ether oxygens (including phenoxy) is 2. The molecule has 1 amide bonds. The third-order valence-corrected chi connectivity index (χ3v) is 5.89. The first-order chi connectivity index (χ1) is 15.5. The predicted octanol–water partition coefficient (Wildman–Crippen LogP) is 6.42. The molecule has 0 spiro atoms. The molecular weight excluding hydrogens is 467 g/mol. The molecule has 1 fully saturated rings. The summed E-state index contributed by atoms with van der Waals surface area (Å²) in [5.74, 6) is 3.37. The van der Waals surface area contributed by atoms with Crippen LogP contribution in [0.1, 0.15) is 25.8 Å². The first-order valence-electron chi connectivity index (χ1n) is 10.0. The lowest BCUT2D eigenvalue weighted by Gasteiger charge is -2.14. The van der Waals surface area contributed by atoms with Gasteiger partial charge in [0.05, 0.1) is 27.2 Å². The van der Waals surface area contributed by atoms with Crippen LogP contribution in [0.3, 0.4) is 0 Å². The van der Waals surface area contributed by atoms with E-state index in [4.69, 9.17) is 39.1 Å². The van der Waals surface area contributed by atoms with Gasteiger partial charge in [0.2, 0.25) is 0 Å². The molecule has 0 atom stereocenters. The molecule has 1 saturated heterocycles. The molecular formula is C24H22Cl2N2O3S. The number of amides is 1. The van der Waals surface area contributed by atoms with Gasteiger partial charge in [-0.25, -0.2) is 4.99 Å². The summed E-state index contributed by atoms with van der Waals surface area (Å²) in [7, 11) is 0. The van der Waals surface area contributed by atoms with Crippen LogP contribution in [-0.4, -0.2) is 35.7 Å². The molecule has 2 aromatic carbocycles. The van der Waals surface area contributed by atoms with Crippen molar-refractivity contribution in [2.75, 3.05) is 19.8 Å². The molecule has 0 radical (unpaired) electrons. The van der Waals surface area contributed by atoms with Crippen LogP contribution in [0, 0.1) is 12.3 Å².